The van der Waals surface area contributed by atoms with Gasteiger partial charge in [0, 0.05) is 38.9 Å². The minimum atomic E-state index is -0.0586. The second-order valence-corrected chi connectivity index (χ2v) is 7.99. The Labute approximate surface area is 171 Å². The Hall–Kier alpha value is -2.61. The molecule has 0 saturated carbocycles. The van der Waals surface area contributed by atoms with Crippen LogP contribution in [0.2, 0.25) is 0 Å². The SMILES string of the molecule is CC(C)[C@H]1OCCC[C@@H]1Nc1cc(N2CCN(C(=O)c3ccco3)CC2)ncn1. The number of nitrogens with zero attached hydrogens (tertiary/aromatic N) is 4. The first-order valence-electron chi connectivity index (χ1n) is 10.4. The van der Waals surface area contributed by atoms with Crippen molar-refractivity contribution in [2.75, 3.05) is 43.0 Å². The number of aromatic nitrogens is 2. The quantitative estimate of drug-likeness (QED) is 0.827. The summed E-state index contributed by atoms with van der Waals surface area (Å²) in [5, 5.41) is 3.56. The molecule has 4 heterocycles. The van der Waals surface area contributed by atoms with Crippen LogP contribution >= 0.6 is 0 Å². The molecule has 0 unspecified atom stereocenters. The average Bonchev–Trinajstić information content (AvgIpc) is 3.29. The molecule has 2 saturated heterocycles. The lowest BCUT2D eigenvalue weighted by atomic mass is 9.94. The maximum atomic E-state index is 12.4. The molecule has 0 aliphatic carbocycles. The van der Waals surface area contributed by atoms with Crippen LogP contribution in [0.5, 0.6) is 0 Å². The molecule has 2 fully saturated rings. The Bertz CT molecular complexity index is 802. The summed E-state index contributed by atoms with van der Waals surface area (Å²) in [6.07, 6.45) is 5.46. The molecule has 0 bridgehead atoms. The van der Waals surface area contributed by atoms with Crippen molar-refractivity contribution in [3.8, 4) is 0 Å². The standard InChI is InChI=1S/C21H29N5O3/c1-15(2)20-16(5-3-12-29-20)24-18-13-19(23-14-22-18)25-7-9-26(10-8-25)21(27)17-6-4-11-28-17/h4,6,11,13-16,20H,3,5,7-10,12H2,1-2H3,(H,22,23,24)/t16-,20+/m0/s1. The number of nitrogens with one attached hydrogen (secondary N) is 1. The topological polar surface area (TPSA) is 83.7 Å². The van der Waals surface area contributed by atoms with Crippen molar-refractivity contribution in [1.29, 1.82) is 0 Å². The summed E-state index contributed by atoms with van der Waals surface area (Å²) < 4.78 is 11.2. The summed E-state index contributed by atoms with van der Waals surface area (Å²) >= 11 is 0. The van der Waals surface area contributed by atoms with E-state index >= 15 is 0 Å². The monoisotopic (exact) mass is 399 g/mol. The van der Waals surface area contributed by atoms with E-state index in [1.807, 2.05) is 11.0 Å². The van der Waals surface area contributed by atoms with E-state index in [4.69, 9.17) is 9.15 Å². The molecule has 1 N–H and O–H groups in total. The lowest BCUT2D eigenvalue weighted by molar-refractivity contribution is -0.0203. The van der Waals surface area contributed by atoms with Crippen molar-refractivity contribution in [2.45, 2.75) is 38.8 Å². The van der Waals surface area contributed by atoms with Gasteiger partial charge in [-0.1, -0.05) is 13.8 Å². The lowest BCUT2D eigenvalue weighted by Gasteiger charge is -2.36. The number of carbonyl (C=O) groups is 1. The van der Waals surface area contributed by atoms with Gasteiger partial charge in [-0.05, 0) is 30.9 Å². The fourth-order valence-corrected chi connectivity index (χ4v) is 4.10. The van der Waals surface area contributed by atoms with Crippen LogP contribution < -0.4 is 10.2 Å². The first kappa shape index (κ1) is 19.7. The number of carbonyl (C=O) groups excluding carboxylic acids is 1. The molecule has 2 aromatic rings. The van der Waals surface area contributed by atoms with Crippen molar-refractivity contribution in [1.82, 2.24) is 14.9 Å². The first-order chi connectivity index (χ1) is 14.1. The highest BCUT2D eigenvalue weighted by Crippen LogP contribution is 2.25. The van der Waals surface area contributed by atoms with Crippen LogP contribution in [0, 0.1) is 5.92 Å². The summed E-state index contributed by atoms with van der Waals surface area (Å²) in [4.78, 5) is 25.3. The molecule has 8 heteroatoms. The van der Waals surface area contributed by atoms with Gasteiger partial charge in [0.2, 0.25) is 0 Å². The zero-order valence-corrected chi connectivity index (χ0v) is 17.1. The molecule has 0 aromatic carbocycles. The van der Waals surface area contributed by atoms with Crippen LogP contribution in [-0.4, -0.2) is 65.7 Å². The highest BCUT2D eigenvalue weighted by atomic mass is 16.5. The van der Waals surface area contributed by atoms with Crippen molar-refractivity contribution in [3.63, 3.8) is 0 Å². The fraction of sp³-hybridized carbons (Fsp3) is 0.571. The summed E-state index contributed by atoms with van der Waals surface area (Å²) in [7, 11) is 0. The van der Waals surface area contributed by atoms with Gasteiger partial charge in [-0.3, -0.25) is 4.79 Å². The van der Waals surface area contributed by atoms with E-state index < -0.39 is 0 Å². The molecule has 29 heavy (non-hydrogen) atoms. The van der Waals surface area contributed by atoms with Crippen LogP contribution in [-0.2, 0) is 4.74 Å². The van der Waals surface area contributed by atoms with Gasteiger partial charge in [0.05, 0.1) is 18.4 Å². The number of hydrogen-bond acceptors (Lipinski definition) is 7. The molecule has 1 amide bonds. The van der Waals surface area contributed by atoms with E-state index in [1.165, 1.54) is 6.26 Å². The molecule has 8 nitrogen and oxygen atoms in total. The average molecular weight is 399 g/mol. The van der Waals surface area contributed by atoms with Crippen LogP contribution in [0.3, 0.4) is 0 Å². The number of anilines is 2. The van der Waals surface area contributed by atoms with E-state index in [0.717, 1.165) is 44.2 Å². The molecule has 2 aliphatic heterocycles. The van der Waals surface area contributed by atoms with Crippen LogP contribution in [0.25, 0.3) is 0 Å². The van der Waals surface area contributed by atoms with Crippen LogP contribution in [0.1, 0.15) is 37.2 Å². The maximum absolute atomic E-state index is 12.4. The second-order valence-electron chi connectivity index (χ2n) is 7.99. The van der Waals surface area contributed by atoms with Gasteiger partial charge < -0.3 is 24.3 Å². The highest BCUT2D eigenvalue weighted by Gasteiger charge is 2.29. The van der Waals surface area contributed by atoms with Gasteiger partial charge in [0.25, 0.3) is 5.91 Å². The van der Waals surface area contributed by atoms with Gasteiger partial charge in [-0.15, -0.1) is 0 Å². The van der Waals surface area contributed by atoms with Crippen molar-refractivity contribution in [3.05, 3.63) is 36.5 Å². The Morgan fingerprint density at radius 3 is 2.79 bits per heavy atom. The molecule has 4 rings (SSSR count). The zero-order valence-electron chi connectivity index (χ0n) is 17.1. The summed E-state index contributed by atoms with van der Waals surface area (Å²) in [6.45, 7) is 7.95. The van der Waals surface area contributed by atoms with E-state index in [9.17, 15) is 4.79 Å². The van der Waals surface area contributed by atoms with Crippen molar-refractivity contribution >= 4 is 17.5 Å². The Morgan fingerprint density at radius 1 is 1.24 bits per heavy atom. The minimum absolute atomic E-state index is 0.0586. The van der Waals surface area contributed by atoms with Crippen LogP contribution in [0.4, 0.5) is 11.6 Å². The summed E-state index contributed by atoms with van der Waals surface area (Å²) in [6, 6.07) is 5.70. The largest absolute Gasteiger partial charge is 0.459 e. The van der Waals surface area contributed by atoms with Gasteiger partial charge in [-0.2, -0.15) is 0 Å². The predicted octanol–water partition coefficient (Wildman–Crippen LogP) is 2.65. The molecule has 156 valence electrons. The minimum Gasteiger partial charge on any atom is -0.459 e. The Morgan fingerprint density at radius 2 is 2.07 bits per heavy atom. The smallest absolute Gasteiger partial charge is 0.289 e. The van der Waals surface area contributed by atoms with Crippen LogP contribution in [0.15, 0.2) is 35.2 Å². The molecule has 0 radical (unpaired) electrons. The molecule has 2 aromatic heterocycles. The van der Waals surface area contributed by atoms with Crippen molar-refractivity contribution in [2.24, 2.45) is 5.92 Å². The maximum Gasteiger partial charge on any atom is 0.289 e. The Balaban J connectivity index is 1.37. The molecule has 0 spiro atoms. The summed E-state index contributed by atoms with van der Waals surface area (Å²) in [5.41, 5.74) is 0. The predicted molar refractivity (Wildman–Crippen MR) is 110 cm³/mol. The molecule has 2 aliphatic rings. The number of amides is 1. The first-order valence-corrected chi connectivity index (χ1v) is 10.4. The van der Waals surface area contributed by atoms with Gasteiger partial charge in [0.1, 0.15) is 18.0 Å². The zero-order chi connectivity index (χ0) is 20.2. The fourth-order valence-electron chi connectivity index (χ4n) is 4.10. The third kappa shape index (κ3) is 4.53. The summed E-state index contributed by atoms with van der Waals surface area (Å²) in [5.74, 6) is 2.49. The van der Waals surface area contributed by atoms with E-state index in [0.29, 0.717) is 24.8 Å². The van der Waals surface area contributed by atoms with E-state index in [1.54, 1.807) is 18.5 Å². The van der Waals surface area contributed by atoms with E-state index in [2.05, 4.69) is 34.0 Å². The number of ether oxygens (including phenoxy) is 1. The van der Waals surface area contributed by atoms with Gasteiger partial charge in [0.15, 0.2) is 5.76 Å². The number of piperazine rings is 1. The highest BCUT2D eigenvalue weighted by molar-refractivity contribution is 5.91. The third-order valence-electron chi connectivity index (χ3n) is 5.63. The second kappa shape index (κ2) is 8.82. The number of hydrogen-bond donors (Lipinski definition) is 1. The van der Waals surface area contributed by atoms with Gasteiger partial charge in [-0.25, -0.2) is 9.97 Å². The third-order valence-corrected chi connectivity index (χ3v) is 5.63. The normalized spacial score (nSPS) is 22.7. The molecular formula is C21H29N5O3. The van der Waals surface area contributed by atoms with Crippen molar-refractivity contribution < 1.29 is 13.9 Å². The molecular weight excluding hydrogens is 370 g/mol. The lowest BCUT2D eigenvalue weighted by Crippen LogP contribution is -2.49. The van der Waals surface area contributed by atoms with Gasteiger partial charge >= 0.3 is 0 Å². The number of furan rings is 1. The number of rotatable bonds is 5. The van der Waals surface area contributed by atoms with E-state index in [-0.39, 0.29) is 18.1 Å². The molecule has 2 atom stereocenters. The Kier molecular flexibility index (Phi) is 5.99.